The molecule has 2 aromatic heterocycles. The average molecular weight is 491 g/mol. The van der Waals surface area contributed by atoms with Crippen LogP contribution in [-0.4, -0.2) is 30.3 Å². The Morgan fingerprint density at radius 3 is 2.43 bits per heavy atom. The molecule has 0 saturated heterocycles. The van der Waals surface area contributed by atoms with Crippen molar-refractivity contribution in [1.82, 2.24) is 9.97 Å². The molecule has 2 heterocycles. The lowest BCUT2D eigenvalue weighted by atomic mass is 10.1. The second kappa shape index (κ2) is 9.13. The van der Waals surface area contributed by atoms with Gasteiger partial charge in [-0.15, -0.1) is 11.3 Å². The lowest BCUT2D eigenvalue weighted by Gasteiger charge is -2.11. The first-order valence-electron chi connectivity index (χ1n) is 11.3. The monoisotopic (exact) mass is 490 g/mol. The number of para-hydroxylation sites is 1. The van der Waals surface area contributed by atoms with Crippen molar-refractivity contribution in [1.29, 1.82) is 0 Å². The third kappa shape index (κ3) is 4.38. The number of nitrogens with zero attached hydrogens (tertiary/aromatic N) is 4. The van der Waals surface area contributed by atoms with Gasteiger partial charge in [-0.1, -0.05) is 48.5 Å². The summed E-state index contributed by atoms with van der Waals surface area (Å²) in [5.74, 6) is 0. The first-order valence-corrected chi connectivity index (χ1v) is 12.9. The summed E-state index contributed by atoms with van der Waals surface area (Å²) in [6, 6.07) is 31.3. The number of rotatable bonds is 5. The van der Waals surface area contributed by atoms with E-state index in [9.17, 15) is 0 Å². The van der Waals surface area contributed by atoms with Crippen molar-refractivity contribution in [3.05, 3.63) is 96.6 Å². The first kappa shape index (κ1) is 21.8. The van der Waals surface area contributed by atoms with Crippen molar-refractivity contribution in [2.75, 3.05) is 19.0 Å². The molecule has 0 fully saturated rings. The van der Waals surface area contributed by atoms with Crippen molar-refractivity contribution in [3.63, 3.8) is 0 Å². The molecular formula is C29H22N4S2. The van der Waals surface area contributed by atoms with Crippen LogP contribution in [-0.2, 0) is 0 Å². The number of pyridine rings is 1. The molecule has 0 aliphatic carbocycles. The van der Waals surface area contributed by atoms with Gasteiger partial charge in [0.25, 0.3) is 0 Å². The Bertz CT molecular complexity index is 1670. The summed E-state index contributed by atoms with van der Waals surface area (Å²) in [6.45, 7) is 0. The van der Waals surface area contributed by atoms with Crippen molar-refractivity contribution in [3.8, 4) is 0 Å². The molecule has 4 nitrogen and oxygen atoms in total. The minimum absolute atomic E-state index is 0.904. The second-order valence-corrected chi connectivity index (χ2v) is 10.7. The lowest BCUT2D eigenvalue weighted by Crippen LogP contribution is -2.07. The van der Waals surface area contributed by atoms with E-state index in [0.717, 1.165) is 48.1 Å². The zero-order chi connectivity index (χ0) is 23.8. The number of aromatic nitrogens is 2. The summed E-state index contributed by atoms with van der Waals surface area (Å²) in [6.07, 6.45) is 1.92. The molecule has 6 aromatic rings. The molecule has 0 aliphatic rings. The quantitative estimate of drug-likeness (QED) is 0.181. The smallest absolute Gasteiger partial charge is 0.157 e. The van der Waals surface area contributed by atoms with E-state index in [0.29, 0.717) is 0 Å². The normalized spacial score (nSPS) is 11.7. The molecule has 170 valence electrons. The summed E-state index contributed by atoms with van der Waals surface area (Å²) in [4.78, 5) is 16.8. The number of anilines is 1. The zero-order valence-electron chi connectivity index (χ0n) is 19.3. The van der Waals surface area contributed by atoms with Gasteiger partial charge in [0.2, 0.25) is 0 Å². The molecule has 0 bridgehead atoms. The van der Waals surface area contributed by atoms with Crippen molar-refractivity contribution in [2.24, 2.45) is 4.99 Å². The van der Waals surface area contributed by atoms with Gasteiger partial charge in [-0.05, 0) is 59.6 Å². The summed E-state index contributed by atoms with van der Waals surface area (Å²) in [5, 5.41) is 4.34. The van der Waals surface area contributed by atoms with Gasteiger partial charge in [0.1, 0.15) is 5.03 Å². The Labute approximate surface area is 212 Å². The maximum Gasteiger partial charge on any atom is 0.157 e. The van der Waals surface area contributed by atoms with E-state index in [-0.39, 0.29) is 0 Å². The highest BCUT2D eigenvalue weighted by atomic mass is 32.2. The Morgan fingerprint density at radius 2 is 1.60 bits per heavy atom. The van der Waals surface area contributed by atoms with E-state index in [1.54, 1.807) is 23.1 Å². The van der Waals surface area contributed by atoms with Crippen molar-refractivity contribution >= 4 is 72.6 Å². The predicted octanol–water partition coefficient (Wildman–Crippen LogP) is 7.97. The average Bonchev–Trinajstić information content (AvgIpc) is 3.30. The highest BCUT2D eigenvalue weighted by Crippen LogP contribution is 2.37. The molecule has 0 unspecified atom stereocenters. The molecule has 0 atom stereocenters. The van der Waals surface area contributed by atoms with E-state index in [4.69, 9.17) is 15.0 Å². The molecule has 0 aliphatic heterocycles. The van der Waals surface area contributed by atoms with Crippen LogP contribution >= 0.6 is 23.1 Å². The zero-order valence-corrected chi connectivity index (χ0v) is 21.0. The van der Waals surface area contributed by atoms with E-state index in [1.807, 2.05) is 38.5 Å². The summed E-state index contributed by atoms with van der Waals surface area (Å²) in [5.41, 5.74) is 5.05. The number of fused-ring (bicyclic) bond motifs is 4. The minimum atomic E-state index is 0.904. The molecule has 4 aromatic carbocycles. The highest BCUT2D eigenvalue weighted by molar-refractivity contribution is 8.01. The van der Waals surface area contributed by atoms with E-state index >= 15 is 0 Å². The summed E-state index contributed by atoms with van der Waals surface area (Å²) in [7, 11) is 4.07. The number of aliphatic imine (C=N–C) groups is 1. The molecule has 6 heteroatoms. The third-order valence-electron chi connectivity index (χ3n) is 5.88. The molecule has 6 rings (SSSR count). The first-order chi connectivity index (χ1) is 17.1. The molecule has 35 heavy (non-hydrogen) atoms. The Hall–Kier alpha value is -3.74. The van der Waals surface area contributed by atoms with Crippen molar-refractivity contribution in [2.45, 2.75) is 9.37 Å². The lowest BCUT2D eigenvalue weighted by molar-refractivity contribution is 1.13. The van der Waals surface area contributed by atoms with Crippen LogP contribution < -0.4 is 4.90 Å². The van der Waals surface area contributed by atoms with Crippen LogP contribution in [0.1, 0.15) is 5.56 Å². The number of benzene rings is 4. The Kier molecular flexibility index (Phi) is 5.68. The predicted molar refractivity (Wildman–Crippen MR) is 151 cm³/mol. The van der Waals surface area contributed by atoms with E-state index in [2.05, 4.69) is 77.7 Å². The van der Waals surface area contributed by atoms with Crippen LogP contribution in [0.5, 0.6) is 0 Å². The fourth-order valence-corrected chi connectivity index (χ4v) is 6.09. The van der Waals surface area contributed by atoms with Gasteiger partial charge in [-0.3, -0.25) is 4.99 Å². The van der Waals surface area contributed by atoms with Crippen LogP contribution in [0.3, 0.4) is 0 Å². The maximum atomic E-state index is 5.15. The van der Waals surface area contributed by atoms with Gasteiger partial charge < -0.3 is 4.90 Å². The Morgan fingerprint density at radius 1 is 0.829 bits per heavy atom. The van der Waals surface area contributed by atoms with Gasteiger partial charge in [0, 0.05) is 42.3 Å². The van der Waals surface area contributed by atoms with Crippen LogP contribution in [0.15, 0.2) is 105 Å². The molecule has 0 saturated carbocycles. The summed E-state index contributed by atoms with van der Waals surface area (Å²) >= 11 is 3.29. The molecule has 0 amide bonds. The van der Waals surface area contributed by atoms with Gasteiger partial charge in [-0.25, -0.2) is 9.97 Å². The SMILES string of the molecule is CN(C)c1ccc(N=Cc2cc3ccc4ccccc4c3nc2Sc2nc3ccccc3s2)cc1. The standard InChI is InChI=1S/C29H22N4S2/c1-33(2)23-15-13-22(14-16-23)30-18-21-17-20-12-11-19-7-3-4-8-24(19)27(20)32-28(21)35-29-31-25-9-5-6-10-26(25)34-29/h3-18H,1-2H3. The number of thiazole rings is 1. The van der Waals surface area contributed by atoms with Crippen LogP contribution in [0.4, 0.5) is 11.4 Å². The highest BCUT2D eigenvalue weighted by Gasteiger charge is 2.13. The minimum Gasteiger partial charge on any atom is -0.378 e. The van der Waals surface area contributed by atoms with Gasteiger partial charge in [-0.2, -0.15) is 0 Å². The van der Waals surface area contributed by atoms with Gasteiger partial charge in [0.05, 0.1) is 21.4 Å². The number of hydrogen-bond donors (Lipinski definition) is 0. The molecule has 0 radical (unpaired) electrons. The summed E-state index contributed by atoms with van der Waals surface area (Å²) < 4.78 is 2.15. The van der Waals surface area contributed by atoms with E-state index in [1.165, 1.54) is 10.1 Å². The van der Waals surface area contributed by atoms with Gasteiger partial charge >= 0.3 is 0 Å². The third-order valence-corrected chi connectivity index (χ3v) is 8.00. The van der Waals surface area contributed by atoms with Gasteiger partial charge in [0.15, 0.2) is 4.34 Å². The topological polar surface area (TPSA) is 41.4 Å². The van der Waals surface area contributed by atoms with Crippen LogP contribution in [0.25, 0.3) is 31.9 Å². The van der Waals surface area contributed by atoms with Crippen molar-refractivity contribution < 1.29 is 0 Å². The van der Waals surface area contributed by atoms with Crippen LogP contribution in [0, 0.1) is 0 Å². The molecule has 0 spiro atoms. The fourth-order valence-electron chi connectivity index (χ4n) is 4.04. The Balaban J connectivity index is 1.46. The van der Waals surface area contributed by atoms with E-state index < -0.39 is 0 Å². The fraction of sp³-hybridized carbons (Fsp3) is 0.0690. The molecule has 0 N–H and O–H groups in total. The largest absolute Gasteiger partial charge is 0.378 e. The molecular weight excluding hydrogens is 468 g/mol. The number of hydrogen-bond acceptors (Lipinski definition) is 6. The maximum absolute atomic E-state index is 5.15. The second-order valence-electron chi connectivity index (χ2n) is 8.46. The van der Waals surface area contributed by atoms with Crippen LogP contribution in [0.2, 0.25) is 0 Å².